The van der Waals surface area contributed by atoms with Crippen molar-refractivity contribution < 1.29 is 4.52 Å². The molecule has 0 aliphatic rings. The van der Waals surface area contributed by atoms with Crippen LogP contribution >= 0.6 is 0 Å². The Hall–Kier alpha value is -1.58. The lowest BCUT2D eigenvalue weighted by molar-refractivity contribution is 0.417. The molecule has 0 saturated carbocycles. The Balaban J connectivity index is 1.84. The van der Waals surface area contributed by atoms with E-state index in [4.69, 9.17) is 4.52 Å². The molecule has 0 aliphatic heterocycles. The quantitative estimate of drug-likeness (QED) is 0.840. The number of H-pyrrole nitrogens is 1. The summed E-state index contributed by atoms with van der Waals surface area (Å²) >= 11 is 0. The second-order valence-electron chi connectivity index (χ2n) is 4.37. The first-order chi connectivity index (χ1) is 7.77. The van der Waals surface area contributed by atoms with Gasteiger partial charge in [-0.1, -0.05) is 19.0 Å². The topological polar surface area (TPSA) is 54.7 Å². The molecule has 2 unspecified atom stereocenters. The highest BCUT2D eigenvalue weighted by molar-refractivity contribution is 5.10. The number of hydrogen-bond donors (Lipinski definition) is 1. The fourth-order valence-corrected chi connectivity index (χ4v) is 1.82. The molecule has 0 amide bonds. The van der Waals surface area contributed by atoms with E-state index in [1.807, 2.05) is 12.4 Å². The minimum atomic E-state index is 0.501. The van der Waals surface area contributed by atoms with E-state index in [9.17, 15) is 0 Å². The lowest BCUT2D eigenvalue weighted by Crippen LogP contribution is -1.97. The van der Waals surface area contributed by atoms with Crippen LogP contribution in [0.3, 0.4) is 0 Å². The van der Waals surface area contributed by atoms with Gasteiger partial charge in [0.1, 0.15) is 6.26 Å². The van der Waals surface area contributed by atoms with E-state index in [-0.39, 0.29) is 0 Å². The predicted octanol–water partition coefficient (Wildman–Crippen LogP) is 3.09. The lowest BCUT2D eigenvalue weighted by Gasteiger charge is -2.12. The van der Waals surface area contributed by atoms with Crippen molar-refractivity contribution in [3.05, 3.63) is 36.0 Å². The maximum atomic E-state index is 4.85. The Morgan fingerprint density at radius 1 is 1.19 bits per heavy atom. The molecule has 0 radical (unpaired) electrons. The van der Waals surface area contributed by atoms with Gasteiger partial charge in [-0.2, -0.15) is 5.10 Å². The molecule has 0 aliphatic carbocycles. The van der Waals surface area contributed by atoms with Crippen molar-refractivity contribution in [1.82, 2.24) is 15.4 Å². The molecule has 2 rings (SSSR count). The molecule has 4 nitrogen and oxygen atoms in total. The molecule has 4 heteroatoms. The number of hydrogen-bond acceptors (Lipinski definition) is 3. The third-order valence-electron chi connectivity index (χ3n) is 3.14. The highest BCUT2D eigenvalue weighted by Gasteiger charge is 2.12. The maximum absolute atomic E-state index is 4.85. The van der Waals surface area contributed by atoms with Gasteiger partial charge >= 0.3 is 0 Å². The van der Waals surface area contributed by atoms with Crippen molar-refractivity contribution in [1.29, 1.82) is 0 Å². The molecule has 0 fully saturated rings. The first-order valence-electron chi connectivity index (χ1n) is 5.65. The third kappa shape index (κ3) is 2.51. The van der Waals surface area contributed by atoms with Crippen LogP contribution in [0.1, 0.15) is 49.7 Å². The van der Waals surface area contributed by atoms with Gasteiger partial charge in [-0.3, -0.25) is 5.10 Å². The van der Waals surface area contributed by atoms with Gasteiger partial charge in [-0.25, -0.2) is 0 Å². The standard InChI is InChI=1S/C12H17N3O/c1-9(11-5-13-14-6-11)3-4-10(2)12-7-15-16-8-12/h5-10H,3-4H2,1-2H3,(H,13,14). The lowest BCUT2D eigenvalue weighted by atomic mass is 9.92. The van der Waals surface area contributed by atoms with Crippen molar-refractivity contribution in [2.24, 2.45) is 0 Å². The highest BCUT2D eigenvalue weighted by Crippen LogP contribution is 2.26. The van der Waals surface area contributed by atoms with Crippen molar-refractivity contribution >= 4 is 0 Å². The van der Waals surface area contributed by atoms with Crippen molar-refractivity contribution in [2.45, 2.75) is 38.5 Å². The maximum Gasteiger partial charge on any atom is 0.127 e. The second kappa shape index (κ2) is 4.96. The summed E-state index contributed by atoms with van der Waals surface area (Å²) in [7, 11) is 0. The van der Waals surface area contributed by atoms with Gasteiger partial charge in [0.25, 0.3) is 0 Å². The molecule has 1 N–H and O–H groups in total. The van der Waals surface area contributed by atoms with Crippen LogP contribution in [-0.2, 0) is 0 Å². The molecular formula is C12H17N3O. The fraction of sp³-hybridized carbons (Fsp3) is 0.500. The van der Waals surface area contributed by atoms with Crippen molar-refractivity contribution in [3.63, 3.8) is 0 Å². The van der Waals surface area contributed by atoms with Crippen LogP contribution in [0.4, 0.5) is 0 Å². The molecule has 16 heavy (non-hydrogen) atoms. The zero-order chi connectivity index (χ0) is 11.4. The number of nitrogens with zero attached hydrogens (tertiary/aromatic N) is 2. The Morgan fingerprint density at radius 2 is 1.94 bits per heavy atom. The Labute approximate surface area is 95.0 Å². The Morgan fingerprint density at radius 3 is 2.50 bits per heavy atom. The van der Waals surface area contributed by atoms with E-state index in [2.05, 4.69) is 29.2 Å². The monoisotopic (exact) mass is 219 g/mol. The van der Waals surface area contributed by atoms with Crippen LogP contribution in [0.25, 0.3) is 0 Å². The summed E-state index contributed by atoms with van der Waals surface area (Å²) in [5, 5.41) is 10.6. The molecule has 0 aromatic carbocycles. The molecule has 0 bridgehead atoms. The third-order valence-corrected chi connectivity index (χ3v) is 3.14. The van der Waals surface area contributed by atoms with Crippen LogP contribution in [0.2, 0.25) is 0 Å². The van der Waals surface area contributed by atoms with Gasteiger partial charge in [0.2, 0.25) is 0 Å². The van der Waals surface area contributed by atoms with Crippen LogP contribution in [0.15, 0.2) is 29.4 Å². The summed E-state index contributed by atoms with van der Waals surface area (Å²) in [6.45, 7) is 4.43. The summed E-state index contributed by atoms with van der Waals surface area (Å²) in [5.41, 5.74) is 2.46. The Kier molecular flexibility index (Phi) is 3.39. The normalized spacial score (nSPS) is 14.9. The molecule has 2 aromatic rings. The summed E-state index contributed by atoms with van der Waals surface area (Å²) in [4.78, 5) is 0. The smallest absolute Gasteiger partial charge is 0.127 e. The second-order valence-corrected chi connectivity index (χ2v) is 4.37. The predicted molar refractivity (Wildman–Crippen MR) is 61.2 cm³/mol. The molecule has 0 spiro atoms. The Bertz CT molecular complexity index is 354. The zero-order valence-corrected chi connectivity index (χ0v) is 9.68. The minimum absolute atomic E-state index is 0.501. The average Bonchev–Trinajstić information content (AvgIpc) is 2.95. The molecular weight excluding hydrogens is 202 g/mol. The highest BCUT2D eigenvalue weighted by atomic mass is 16.5. The molecule has 2 heterocycles. The van der Waals surface area contributed by atoms with E-state index >= 15 is 0 Å². The van der Waals surface area contributed by atoms with Gasteiger partial charge in [0.15, 0.2) is 0 Å². The van der Waals surface area contributed by atoms with Crippen molar-refractivity contribution in [2.75, 3.05) is 0 Å². The first-order valence-corrected chi connectivity index (χ1v) is 5.65. The van der Waals surface area contributed by atoms with Crippen molar-refractivity contribution in [3.8, 4) is 0 Å². The number of aromatic nitrogens is 3. The average molecular weight is 219 g/mol. The van der Waals surface area contributed by atoms with Gasteiger partial charge in [0.05, 0.1) is 12.4 Å². The van der Waals surface area contributed by atoms with Gasteiger partial charge < -0.3 is 4.52 Å². The fourth-order valence-electron chi connectivity index (χ4n) is 1.82. The van der Waals surface area contributed by atoms with E-state index in [1.165, 1.54) is 11.1 Å². The van der Waals surface area contributed by atoms with Crippen LogP contribution < -0.4 is 0 Å². The van der Waals surface area contributed by atoms with E-state index in [0.29, 0.717) is 11.8 Å². The molecule has 0 saturated heterocycles. The van der Waals surface area contributed by atoms with Crippen LogP contribution in [-0.4, -0.2) is 15.4 Å². The summed E-state index contributed by atoms with van der Waals surface area (Å²) in [6.07, 6.45) is 9.67. The van der Waals surface area contributed by atoms with E-state index < -0.39 is 0 Å². The number of aromatic amines is 1. The van der Waals surface area contributed by atoms with Gasteiger partial charge in [0, 0.05) is 11.8 Å². The number of nitrogens with one attached hydrogen (secondary N) is 1. The van der Waals surface area contributed by atoms with Gasteiger partial charge in [-0.05, 0) is 30.2 Å². The van der Waals surface area contributed by atoms with E-state index in [1.54, 1.807) is 12.5 Å². The van der Waals surface area contributed by atoms with E-state index in [0.717, 1.165) is 12.8 Å². The SMILES string of the molecule is CC(CCC(C)c1cnoc1)c1cn[nH]c1. The minimum Gasteiger partial charge on any atom is -0.364 e. The largest absolute Gasteiger partial charge is 0.364 e. The summed E-state index contributed by atoms with van der Waals surface area (Å²) in [6, 6.07) is 0. The molecule has 2 aromatic heterocycles. The number of rotatable bonds is 5. The van der Waals surface area contributed by atoms with Crippen LogP contribution in [0, 0.1) is 0 Å². The van der Waals surface area contributed by atoms with Crippen LogP contribution in [0.5, 0.6) is 0 Å². The molecule has 86 valence electrons. The molecule has 2 atom stereocenters. The summed E-state index contributed by atoms with van der Waals surface area (Å²) < 4.78 is 4.85. The first kappa shape index (κ1) is 10.9. The summed E-state index contributed by atoms with van der Waals surface area (Å²) in [5.74, 6) is 1.04. The zero-order valence-electron chi connectivity index (χ0n) is 9.68. The van der Waals surface area contributed by atoms with Gasteiger partial charge in [-0.15, -0.1) is 0 Å².